The van der Waals surface area contributed by atoms with Crippen molar-refractivity contribution < 1.29 is 43.5 Å². The van der Waals surface area contributed by atoms with Crippen molar-refractivity contribution in [2.45, 2.75) is 80.8 Å². The molecule has 7 aliphatic heterocycles. The van der Waals surface area contributed by atoms with Gasteiger partial charge in [-0.3, -0.25) is 19.9 Å². The quantitative estimate of drug-likeness (QED) is 0.150. The van der Waals surface area contributed by atoms with Gasteiger partial charge in [-0.15, -0.1) is 11.8 Å². The number of aromatic amines is 1. The van der Waals surface area contributed by atoms with Gasteiger partial charge in [-0.2, -0.15) is 0 Å². The van der Waals surface area contributed by atoms with Gasteiger partial charge in [-0.1, -0.05) is 24.3 Å². The number of likely N-dealkylation sites (N-methyl/N-ethyl adjacent to an activating group) is 2. The number of para-hydroxylation sites is 1. The summed E-state index contributed by atoms with van der Waals surface area (Å²) >= 11 is 1.54. The second-order valence-corrected chi connectivity index (χ2v) is 17.3. The summed E-state index contributed by atoms with van der Waals surface area (Å²) < 4.78 is 30.8. The maximum Gasteiger partial charge on any atom is 0.333 e. The third kappa shape index (κ3) is 5.08. The van der Waals surface area contributed by atoms with Crippen LogP contribution in [0.3, 0.4) is 0 Å². The number of phenolic OH excluding ortho intramolecular Hbond substituents is 1. The summed E-state index contributed by atoms with van der Waals surface area (Å²) in [5.74, 6) is 1.05. The molecule has 0 radical (unpaired) electrons. The van der Waals surface area contributed by atoms with Crippen molar-refractivity contribution >= 4 is 34.6 Å². The molecule has 1 aromatic heterocycles. The van der Waals surface area contributed by atoms with Crippen LogP contribution >= 0.6 is 11.8 Å². The van der Waals surface area contributed by atoms with Crippen molar-refractivity contribution in [2.75, 3.05) is 46.9 Å². The van der Waals surface area contributed by atoms with Crippen molar-refractivity contribution in [2.24, 2.45) is 0 Å². The number of aromatic nitrogens is 1. The van der Waals surface area contributed by atoms with E-state index >= 15 is 4.79 Å². The molecule has 300 valence electrons. The number of piperazine rings is 1. The molecule has 14 nitrogen and oxygen atoms in total. The Morgan fingerprint density at radius 1 is 1.11 bits per heavy atom. The Kier molecular flexibility index (Phi) is 8.56. The number of nitrogens with zero attached hydrogens (tertiary/aromatic N) is 2. The fraction of sp³-hybridized carbons (Fsp3) is 0.476. The van der Waals surface area contributed by atoms with E-state index in [1.807, 2.05) is 46.1 Å². The third-order valence-electron chi connectivity index (χ3n) is 13.2. The molecule has 8 atom stereocenters. The van der Waals surface area contributed by atoms with Crippen molar-refractivity contribution in [3.63, 3.8) is 0 Å². The molecular weight excluding hydrogens is 751 g/mol. The summed E-state index contributed by atoms with van der Waals surface area (Å²) in [7, 11) is 5.45. The van der Waals surface area contributed by atoms with E-state index in [9.17, 15) is 15.0 Å². The van der Waals surface area contributed by atoms with E-state index in [1.165, 1.54) is 6.92 Å². The molecule has 0 aliphatic carbocycles. The molecule has 4 aromatic rings. The number of aromatic hydroxyl groups is 1. The van der Waals surface area contributed by atoms with Crippen molar-refractivity contribution in [1.29, 1.82) is 0 Å². The highest BCUT2D eigenvalue weighted by Crippen LogP contribution is 2.64. The molecule has 15 heteroatoms. The smallest absolute Gasteiger partial charge is 0.333 e. The molecule has 2 saturated heterocycles. The van der Waals surface area contributed by atoms with Crippen LogP contribution in [0.1, 0.15) is 68.9 Å². The lowest BCUT2D eigenvalue weighted by molar-refractivity contribution is -0.186. The van der Waals surface area contributed by atoms with Gasteiger partial charge in [0.15, 0.2) is 28.5 Å². The van der Waals surface area contributed by atoms with E-state index in [4.69, 9.17) is 23.7 Å². The number of H-pyrrole nitrogens is 1. The normalized spacial score (nSPS) is 30.0. The van der Waals surface area contributed by atoms with Crippen molar-refractivity contribution in [3.05, 3.63) is 75.0 Å². The predicted octanol–water partition coefficient (Wildman–Crippen LogP) is 3.77. The second kappa shape index (κ2) is 13.3. The number of nitrogens with one attached hydrogen (secondary N) is 3. The molecule has 2 fully saturated rings. The number of aryl methyl sites for hydroxylation is 1. The number of ether oxygens (including phenoxy) is 5. The van der Waals surface area contributed by atoms with Crippen LogP contribution in [0.4, 0.5) is 0 Å². The lowest BCUT2D eigenvalue weighted by Crippen LogP contribution is -2.70. The van der Waals surface area contributed by atoms with E-state index < -0.39 is 47.1 Å². The molecule has 3 unspecified atom stereocenters. The summed E-state index contributed by atoms with van der Waals surface area (Å²) in [6.07, 6.45) is 0.143. The zero-order valence-electron chi connectivity index (χ0n) is 32.7. The van der Waals surface area contributed by atoms with Gasteiger partial charge in [-0.05, 0) is 63.5 Å². The SMILES string of the molecule is CNCC1Cc2c([nH]c3ccccc23)[C@@]2(CS[C@@H]3c4c(OC(C)=O)c(C)c5c(c4C(COC2=O)N2C3[C@H]3c4c(cc(C)c(OC)c4O)C[C@H]([C@@H]2O)N3C)OCO5)N1. The van der Waals surface area contributed by atoms with Gasteiger partial charge >= 0.3 is 11.9 Å². The Hall–Kier alpha value is -4.51. The zero-order chi connectivity index (χ0) is 39.7. The molecule has 0 amide bonds. The summed E-state index contributed by atoms with van der Waals surface area (Å²) in [6, 6.07) is 7.93. The van der Waals surface area contributed by atoms with Crippen LogP contribution in [0.15, 0.2) is 30.3 Å². The topological polar surface area (TPSA) is 167 Å². The number of methoxy groups -OCH3 is 1. The minimum Gasteiger partial charge on any atom is -0.504 e. The first kappa shape index (κ1) is 36.8. The van der Waals surface area contributed by atoms with E-state index in [0.717, 1.165) is 44.4 Å². The number of benzene rings is 3. The van der Waals surface area contributed by atoms with Crippen LogP contribution in [0, 0.1) is 13.8 Å². The van der Waals surface area contributed by atoms with E-state index in [2.05, 4.69) is 37.6 Å². The highest BCUT2D eigenvalue weighted by Gasteiger charge is 2.62. The lowest BCUT2D eigenvalue weighted by atomic mass is 9.73. The summed E-state index contributed by atoms with van der Waals surface area (Å²) in [4.78, 5) is 35.9. The molecule has 8 heterocycles. The maximum atomic E-state index is 15.1. The highest BCUT2D eigenvalue weighted by atomic mass is 32.2. The van der Waals surface area contributed by atoms with Crippen molar-refractivity contribution in [3.8, 4) is 28.7 Å². The number of phenols is 1. The van der Waals surface area contributed by atoms with Gasteiger partial charge in [0.2, 0.25) is 6.79 Å². The van der Waals surface area contributed by atoms with Crippen LogP contribution in [0.5, 0.6) is 28.7 Å². The number of hydrogen-bond acceptors (Lipinski definition) is 14. The van der Waals surface area contributed by atoms with Crippen molar-refractivity contribution in [1.82, 2.24) is 25.4 Å². The van der Waals surface area contributed by atoms with Gasteiger partial charge in [0, 0.05) is 64.5 Å². The first-order valence-corrected chi connectivity index (χ1v) is 20.6. The number of carbonyl (C=O) groups excluding carboxylic acids is 2. The Balaban J connectivity index is 1.24. The molecule has 3 aromatic carbocycles. The minimum absolute atomic E-state index is 0.0418. The van der Waals surface area contributed by atoms with E-state index in [-0.39, 0.29) is 37.0 Å². The van der Waals surface area contributed by atoms with Gasteiger partial charge in [0.25, 0.3) is 0 Å². The highest BCUT2D eigenvalue weighted by molar-refractivity contribution is 7.99. The first-order chi connectivity index (χ1) is 27.5. The van der Waals surface area contributed by atoms with Crippen LogP contribution in [-0.4, -0.2) is 108 Å². The van der Waals surface area contributed by atoms with Crippen LogP contribution in [-0.2, 0) is 32.7 Å². The Morgan fingerprint density at radius 2 is 1.89 bits per heavy atom. The fourth-order valence-electron chi connectivity index (χ4n) is 10.9. The average Bonchev–Trinajstić information content (AvgIpc) is 3.83. The monoisotopic (exact) mass is 797 g/mol. The number of aliphatic hydroxyl groups is 1. The summed E-state index contributed by atoms with van der Waals surface area (Å²) in [5.41, 5.74) is 5.93. The summed E-state index contributed by atoms with van der Waals surface area (Å²) in [6.45, 7) is 5.57. The van der Waals surface area contributed by atoms with E-state index in [0.29, 0.717) is 53.5 Å². The lowest BCUT2D eigenvalue weighted by Gasteiger charge is -2.62. The summed E-state index contributed by atoms with van der Waals surface area (Å²) in [5, 5.41) is 32.4. The van der Waals surface area contributed by atoms with Crippen LogP contribution in [0.25, 0.3) is 10.9 Å². The maximum absolute atomic E-state index is 15.1. The molecule has 1 spiro atoms. The Morgan fingerprint density at radius 3 is 2.67 bits per heavy atom. The fourth-order valence-corrected chi connectivity index (χ4v) is 12.6. The van der Waals surface area contributed by atoms with Gasteiger partial charge < -0.3 is 44.2 Å². The van der Waals surface area contributed by atoms with Gasteiger partial charge in [0.1, 0.15) is 18.6 Å². The molecule has 4 bridgehead atoms. The molecule has 11 rings (SSSR count). The number of aliphatic hydroxyl groups excluding tert-OH is 1. The molecule has 5 N–H and O–H groups in total. The Labute approximate surface area is 334 Å². The van der Waals surface area contributed by atoms with Crippen LogP contribution < -0.4 is 29.6 Å². The predicted molar refractivity (Wildman–Crippen MR) is 211 cm³/mol. The van der Waals surface area contributed by atoms with Gasteiger partial charge in [0.05, 0.1) is 36.2 Å². The zero-order valence-corrected chi connectivity index (χ0v) is 33.5. The minimum atomic E-state index is -1.30. The largest absolute Gasteiger partial charge is 0.504 e. The number of fused-ring (bicyclic) bond motifs is 11. The Bertz CT molecular complexity index is 2370. The average molecular weight is 798 g/mol. The molecule has 0 saturated carbocycles. The standard InChI is InChI=1S/C42H47N5O9S/c1-18-11-21-12-26-40(50)47-27-15-53-41(51)42(39-24(13-22(45-42)14-43-4)23-9-7-8-10-25(23)44-39)16-57-38(32(47)31(46(26)5)28(21)33(49)34(18)52-6)30-29(27)37-36(54-17-55-37)19(2)35(30)56-20(3)48/h7-11,22,26-27,31-32,38,40,43-45,49-50H,12-17H2,1-6H3/t22?,26-,27?,31-,32?,38-,40+,42-/m1/s1. The van der Waals surface area contributed by atoms with Crippen LogP contribution in [0.2, 0.25) is 0 Å². The molecular formula is C42H47N5O9S. The number of rotatable bonds is 4. The third-order valence-corrected chi connectivity index (χ3v) is 14.6. The number of hydrogen-bond donors (Lipinski definition) is 5. The number of carbonyl (C=O) groups is 2. The van der Waals surface area contributed by atoms with Gasteiger partial charge in [-0.25, -0.2) is 4.79 Å². The second-order valence-electron chi connectivity index (χ2n) is 16.2. The number of esters is 2. The number of thioether (sulfide) groups is 1. The molecule has 57 heavy (non-hydrogen) atoms. The first-order valence-electron chi connectivity index (χ1n) is 19.5. The molecule has 7 aliphatic rings. The van der Waals surface area contributed by atoms with E-state index in [1.54, 1.807) is 18.9 Å².